The van der Waals surface area contributed by atoms with E-state index in [9.17, 15) is 4.79 Å². The lowest BCUT2D eigenvalue weighted by atomic mass is 10.2. The second-order valence-corrected chi connectivity index (χ2v) is 5.35. The lowest BCUT2D eigenvalue weighted by molar-refractivity contribution is -0.133. The molecule has 18 heavy (non-hydrogen) atoms. The molecule has 0 aliphatic carbocycles. The van der Waals surface area contributed by atoms with Gasteiger partial charge in [-0.1, -0.05) is 33.8 Å². The number of carboxylic acid groups (broad SMARTS) is 1. The van der Waals surface area contributed by atoms with E-state index < -0.39 is 5.97 Å². The molecule has 0 aliphatic rings. The number of aliphatic carboxylic acids is 1. The average molecular weight is 328 g/mol. The number of aromatic nitrogens is 3. The Bertz CT molecular complexity index is 585. The van der Waals surface area contributed by atoms with Crippen molar-refractivity contribution in [2.75, 3.05) is 5.75 Å². The quantitative estimate of drug-likeness (QED) is 0.874. The van der Waals surface area contributed by atoms with Crippen molar-refractivity contribution in [3.8, 4) is 5.69 Å². The van der Waals surface area contributed by atoms with Crippen molar-refractivity contribution in [3.63, 3.8) is 0 Å². The van der Waals surface area contributed by atoms with Crippen molar-refractivity contribution < 1.29 is 9.90 Å². The van der Waals surface area contributed by atoms with Gasteiger partial charge in [0, 0.05) is 4.47 Å². The van der Waals surface area contributed by atoms with Crippen LogP contribution in [0.15, 0.2) is 34.2 Å². The van der Waals surface area contributed by atoms with Crippen LogP contribution in [0, 0.1) is 6.92 Å². The second-order valence-electron chi connectivity index (χ2n) is 3.55. The molecule has 0 saturated heterocycles. The van der Waals surface area contributed by atoms with E-state index in [4.69, 9.17) is 5.11 Å². The first-order valence-corrected chi connectivity index (χ1v) is 6.87. The molecule has 0 unspecified atom stereocenters. The van der Waals surface area contributed by atoms with Crippen LogP contribution in [-0.2, 0) is 4.79 Å². The highest BCUT2D eigenvalue weighted by Crippen LogP contribution is 2.26. The number of thioether (sulfide) groups is 1. The minimum absolute atomic E-state index is 0.0360. The number of benzene rings is 1. The minimum atomic E-state index is -0.875. The number of carboxylic acids is 1. The summed E-state index contributed by atoms with van der Waals surface area (Å²) in [7, 11) is 0. The summed E-state index contributed by atoms with van der Waals surface area (Å²) >= 11 is 4.61. The molecular formula is C11H10BrN3O2S. The van der Waals surface area contributed by atoms with Crippen LogP contribution in [0.4, 0.5) is 0 Å². The third-order valence-corrected chi connectivity index (χ3v) is 4.13. The maximum Gasteiger partial charge on any atom is 0.313 e. The van der Waals surface area contributed by atoms with E-state index in [0.29, 0.717) is 5.16 Å². The zero-order valence-corrected chi connectivity index (χ0v) is 11.9. The molecule has 0 bridgehead atoms. The van der Waals surface area contributed by atoms with Gasteiger partial charge >= 0.3 is 5.97 Å². The molecular weight excluding hydrogens is 318 g/mol. The van der Waals surface area contributed by atoms with Gasteiger partial charge in [-0.05, 0) is 24.6 Å². The number of hydrogen-bond donors (Lipinski definition) is 1. The van der Waals surface area contributed by atoms with E-state index >= 15 is 0 Å². The molecule has 1 aromatic carbocycles. The summed E-state index contributed by atoms with van der Waals surface area (Å²) in [5, 5.41) is 17.0. The Balaban J connectivity index is 2.36. The number of hydrogen-bond acceptors (Lipinski definition) is 4. The van der Waals surface area contributed by atoms with Crippen LogP contribution in [0.3, 0.4) is 0 Å². The first-order valence-electron chi connectivity index (χ1n) is 5.09. The maximum atomic E-state index is 10.6. The lowest BCUT2D eigenvalue weighted by Gasteiger charge is -2.09. The van der Waals surface area contributed by atoms with Crippen molar-refractivity contribution in [1.82, 2.24) is 14.8 Å². The minimum Gasteiger partial charge on any atom is -0.481 e. The fraction of sp³-hybridized carbons (Fsp3) is 0.182. The SMILES string of the molecule is Cc1c(Br)cccc1-n1cnnc1SCC(=O)O. The van der Waals surface area contributed by atoms with Gasteiger partial charge in [0.15, 0.2) is 5.16 Å². The third-order valence-electron chi connectivity index (χ3n) is 2.34. The Kier molecular flexibility index (Phi) is 4.03. The highest BCUT2D eigenvalue weighted by atomic mass is 79.9. The predicted octanol–water partition coefficient (Wildman–Crippen LogP) is 2.51. The fourth-order valence-corrected chi connectivity index (χ4v) is 2.47. The van der Waals surface area contributed by atoms with Gasteiger partial charge in [-0.3, -0.25) is 9.36 Å². The third kappa shape index (κ3) is 2.73. The molecule has 2 aromatic rings. The zero-order chi connectivity index (χ0) is 13.1. The lowest BCUT2D eigenvalue weighted by Crippen LogP contribution is -2.02. The average Bonchev–Trinajstić information content (AvgIpc) is 2.78. The summed E-state index contributed by atoms with van der Waals surface area (Å²) in [5.41, 5.74) is 1.98. The molecule has 7 heteroatoms. The van der Waals surface area contributed by atoms with Gasteiger partial charge in [-0.15, -0.1) is 10.2 Å². The maximum absolute atomic E-state index is 10.6. The van der Waals surface area contributed by atoms with Crippen LogP contribution in [0.5, 0.6) is 0 Å². The van der Waals surface area contributed by atoms with Gasteiger partial charge in [-0.2, -0.15) is 0 Å². The molecule has 0 saturated carbocycles. The molecule has 0 fully saturated rings. The largest absolute Gasteiger partial charge is 0.481 e. The van der Waals surface area contributed by atoms with E-state index in [-0.39, 0.29) is 5.75 Å². The van der Waals surface area contributed by atoms with Crippen LogP contribution in [0.1, 0.15) is 5.56 Å². The molecule has 2 rings (SSSR count). The van der Waals surface area contributed by atoms with Gasteiger partial charge in [0.05, 0.1) is 11.4 Å². The number of rotatable bonds is 4. The van der Waals surface area contributed by atoms with Crippen LogP contribution in [-0.4, -0.2) is 31.6 Å². The molecule has 1 N–H and O–H groups in total. The van der Waals surface area contributed by atoms with Crippen LogP contribution in [0.25, 0.3) is 5.69 Å². The molecule has 0 spiro atoms. The van der Waals surface area contributed by atoms with E-state index in [0.717, 1.165) is 27.5 Å². The van der Waals surface area contributed by atoms with Crippen LogP contribution >= 0.6 is 27.7 Å². The van der Waals surface area contributed by atoms with Gasteiger partial charge in [0.1, 0.15) is 6.33 Å². The first kappa shape index (κ1) is 13.1. The van der Waals surface area contributed by atoms with Gasteiger partial charge < -0.3 is 5.11 Å². The predicted molar refractivity (Wildman–Crippen MR) is 72.2 cm³/mol. The van der Waals surface area contributed by atoms with Gasteiger partial charge in [-0.25, -0.2) is 0 Å². The van der Waals surface area contributed by atoms with E-state index in [1.807, 2.05) is 25.1 Å². The topological polar surface area (TPSA) is 68.0 Å². The molecule has 0 aliphatic heterocycles. The molecule has 94 valence electrons. The molecule has 1 aromatic heterocycles. The highest BCUT2D eigenvalue weighted by Gasteiger charge is 2.11. The van der Waals surface area contributed by atoms with Gasteiger partial charge in [0.2, 0.25) is 0 Å². The molecule has 1 heterocycles. The van der Waals surface area contributed by atoms with Crippen LogP contribution in [0.2, 0.25) is 0 Å². The Morgan fingerprint density at radius 1 is 1.56 bits per heavy atom. The highest BCUT2D eigenvalue weighted by molar-refractivity contribution is 9.10. The van der Waals surface area contributed by atoms with E-state index in [1.54, 1.807) is 10.9 Å². The number of nitrogens with zero attached hydrogens (tertiary/aromatic N) is 3. The number of carbonyl (C=O) groups is 1. The summed E-state index contributed by atoms with van der Waals surface area (Å²) in [5.74, 6) is -0.910. The summed E-state index contributed by atoms with van der Waals surface area (Å²) in [6, 6.07) is 5.81. The van der Waals surface area contributed by atoms with Crippen molar-refractivity contribution in [1.29, 1.82) is 0 Å². The standard InChI is InChI=1S/C11H10BrN3O2S/c1-7-8(12)3-2-4-9(7)15-6-13-14-11(15)18-5-10(16)17/h2-4,6H,5H2,1H3,(H,16,17). The van der Waals surface area contributed by atoms with Crippen molar-refractivity contribution >= 4 is 33.7 Å². The van der Waals surface area contributed by atoms with Crippen LogP contribution < -0.4 is 0 Å². The monoisotopic (exact) mass is 327 g/mol. The van der Waals surface area contributed by atoms with Crippen molar-refractivity contribution in [2.45, 2.75) is 12.1 Å². The second kappa shape index (κ2) is 5.53. The Hall–Kier alpha value is -1.34. The van der Waals surface area contributed by atoms with Crippen molar-refractivity contribution in [2.24, 2.45) is 0 Å². The Morgan fingerprint density at radius 3 is 3.06 bits per heavy atom. The summed E-state index contributed by atoms with van der Waals surface area (Å²) in [4.78, 5) is 10.6. The summed E-state index contributed by atoms with van der Waals surface area (Å²) in [6.07, 6.45) is 1.58. The summed E-state index contributed by atoms with van der Waals surface area (Å²) in [6.45, 7) is 1.98. The Labute approximate surface area is 116 Å². The number of halogens is 1. The van der Waals surface area contributed by atoms with E-state index in [1.165, 1.54) is 0 Å². The van der Waals surface area contributed by atoms with Gasteiger partial charge in [0.25, 0.3) is 0 Å². The van der Waals surface area contributed by atoms with Crippen molar-refractivity contribution in [3.05, 3.63) is 34.6 Å². The molecule has 0 radical (unpaired) electrons. The zero-order valence-electron chi connectivity index (χ0n) is 9.50. The smallest absolute Gasteiger partial charge is 0.313 e. The normalized spacial score (nSPS) is 10.6. The van der Waals surface area contributed by atoms with E-state index in [2.05, 4.69) is 26.1 Å². The first-order chi connectivity index (χ1) is 8.59. The Morgan fingerprint density at radius 2 is 2.33 bits per heavy atom. The fourth-order valence-electron chi connectivity index (χ4n) is 1.47. The molecule has 5 nitrogen and oxygen atoms in total. The summed E-state index contributed by atoms with van der Waals surface area (Å²) < 4.78 is 2.77. The molecule has 0 atom stereocenters. The molecule has 0 amide bonds.